The molecule has 0 heterocycles. The van der Waals surface area contributed by atoms with Gasteiger partial charge in [-0.3, -0.25) is 19.5 Å². The molecule has 0 saturated carbocycles. The third-order valence-corrected chi connectivity index (χ3v) is 0.855. The van der Waals surface area contributed by atoms with Crippen LogP contribution in [0.2, 0.25) is 0 Å². The summed E-state index contributed by atoms with van der Waals surface area (Å²) in [7, 11) is -9.07. The van der Waals surface area contributed by atoms with Gasteiger partial charge in [0.1, 0.15) is 0 Å². The summed E-state index contributed by atoms with van der Waals surface area (Å²) in [6.07, 6.45) is 0. The van der Waals surface area contributed by atoms with Crippen LogP contribution in [-0.2, 0) is 29.4 Å². The number of hydrogen-bond donors (Lipinski definition) is 6. The third kappa shape index (κ3) is 22.6. The largest absolute Gasteiger partial charge is 0.415 e. The molecule has 0 aliphatic carbocycles. The van der Waals surface area contributed by atoms with Crippen LogP contribution in [0.1, 0.15) is 0 Å². The van der Waals surface area contributed by atoms with Crippen molar-refractivity contribution < 1.29 is 44.9 Å². The Bertz CT molecular complexity index is 276. The van der Waals surface area contributed by atoms with Crippen LogP contribution in [0.5, 0.6) is 0 Å². The Morgan fingerprint density at radius 3 is 1.00 bits per heavy atom. The fraction of sp³-hybridized carbons (Fsp3) is 0. The SMILES string of the molecule is O=S(=O)(O)ONO.O=S(=O)(O)ONO. The molecule has 0 aromatic rings. The molecule has 12 nitrogen and oxygen atoms in total. The van der Waals surface area contributed by atoms with Crippen LogP contribution in [0.3, 0.4) is 0 Å². The highest BCUT2D eigenvalue weighted by Gasteiger charge is 2.00. The lowest BCUT2D eigenvalue weighted by Crippen LogP contribution is -2.14. The van der Waals surface area contributed by atoms with Crippen LogP contribution >= 0.6 is 0 Å². The fourth-order valence-corrected chi connectivity index (χ4v) is 0.283. The average Bonchev–Trinajstić information content (AvgIpc) is 1.81. The van der Waals surface area contributed by atoms with Crippen molar-refractivity contribution in [2.75, 3.05) is 0 Å². The maximum Gasteiger partial charge on any atom is 0.415 e. The van der Waals surface area contributed by atoms with Crippen molar-refractivity contribution in [2.45, 2.75) is 0 Å². The lowest BCUT2D eigenvalue weighted by atomic mass is 13.3. The zero-order valence-corrected chi connectivity index (χ0v) is 7.69. The zero-order valence-electron chi connectivity index (χ0n) is 6.05. The van der Waals surface area contributed by atoms with Crippen LogP contribution in [-0.4, -0.2) is 36.4 Å². The van der Waals surface area contributed by atoms with Gasteiger partial charge in [-0.1, -0.05) is 11.3 Å². The molecule has 0 rings (SSSR count). The Balaban J connectivity index is 0. The Morgan fingerprint density at radius 2 is 1.00 bits per heavy atom. The van der Waals surface area contributed by atoms with E-state index in [4.69, 9.17) is 19.5 Å². The minimum Gasteiger partial charge on any atom is -0.291 e. The highest BCUT2D eigenvalue weighted by atomic mass is 32.3. The maximum atomic E-state index is 9.34. The van der Waals surface area contributed by atoms with Crippen molar-refractivity contribution in [1.29, 1.82) is 0 Å². The summed E-state index contributed by atoms with van der Waals surface area (Å²) in [6, 6.07) is 0. The molecule has 0 spiro atoms. The molecular formula is H6N2O10S2. The summed E-state index contributed by atoms with van der Waals surface area (Å²) < 4.78 is 58.6. The van der Waals surface area contributed by atoms with Crippen molar-refractivity contribution in [3.8, 4) is 0 Å². The Kier molecular flexibility index (Phi) is 7.96. The maximum absolute atomic E-state index is 9.34. The van der Waals surface area contributed by atoms with Crippen molar-refractivity contribution in [3.05, 3.63) is 0 Å². The van der Waals surface area contributed by atoms with Crippen molar-refractivity contribution in [3.63, 3.8) is 0 Å². The molecule has 14 heavy (non-hydrogen) atoms. The minimum atomic E-state index is -4.54. The van der Waals surface area contributed by atoms with Crippen molar-refractivity contribution in [1.82, 2.24) is 11.3 Å². The lowest BCUT2D eigenvalue weighted by molar-refractivity contribution is -0.0463. The smallest absolute Gasteiger partial charge is 0.291 e. The van der Waals surface area contributed by atoms with E-state index in [1.807, 2.05) is 0 Å². The molecule has 6 N–H and O–H groups in total. The van der Waals surface area contributed by atoms with Gasteiger partial charge in [-0.05, 0) is 0 Å². The fourth-order valence-electron chi connectivity index (χ4n) is 0.0942. The van der Waals surface area contributed by atoms with Crippen LogP contribution in [0, 0.1) is 0 Å². The first-order valence-electron chi connectivity index (χ1n) is 2.22. The van der Waals surface area contributed by atoms with Crippen LogP contribution < -0.4 is 11.3 Å². The standard InChI is InChI=1S/2H3NO5S/c2*2-1-6-7(3,4)5/h2*1-2H,(H,3,4,5). The number of rotatable bonds is 4. The van der Waals surface area contributed by atoms with Gasteiger partial charge in [-0.25, -0.2) is 0 Å². The number of nitrogens with one attached hydrogen (secondary N) is 2. The lowest BCUT2D eigenvalue weighted by Gasteiger charge is -1.88. The zero-order chi connectivity index (χ0) is 11.8. The molecule has 0 atom stereocenters. The summed E-state index contributed by atoms with van der Waals surface area (Å²) in [5.41, 5.74) is 1.54. The van der Waals surface area contributed by atoms with Crippen molar-refractivity contribution >= 4 is 20.8 Å². The van der Waals surface area contributed by atoms with E-state index >= 15 is 0 Å². The Morgan fingerprint density at radius 1 is 0.786 bits per heavy atom. The van der Waals surface area contributed by atoms with E-state index in [0.717, 1.165) is 11.3 Å². The Labute approximate surface area is 77.8 Å². The molecule has 0 aliphatic rings. The molecule has 0 bridgehead atoms. The molecular weight excluding hydrogens is 252 g/mol. The normalized spacial score (nSPS) is 11.7. The van der Waals surface area contributed by atoms with Gasteiger partial charge in [-0.15, -0.1) is 8.57 Å². The molecule has 0 fully saturated rings. The first-order chi connectivity index (χ1) is 6.12. The minimum absolute atomic E-state index is 0.770. The van der Waals surface area contributed by atoms with Gasteiger partial charge in [0.05, 0.1) is 0 Å². The first-order valence-corrected chi connectivity index (χ1v) is 4.95. The predicted molar refractivity (Wildman–Crippen MR) is 35.1 cm³/mol. The van der Waals surface area contributed by atoms with E-state index < -0.39 is 20.8 Å². The summed E-state index contributed by atoms with van der Waals surface area (Å²) in [4.78, 5) is 0. The van der Waals surface area contributed by atoms with Gasteiger partial charge < -0.3 is 0 Å². The van der Waals surface area contributed by atoms with E-state index in [2.05, 4.69) is 8.57 Å². The van der Waals surface area contributed by atoms with E-state index in [0.29, 0.717) is 0 Å². The first kappa shape index (κ1) is 16.0. The summed E-state index contributed by atoms with van der Waals surface area (Å²) in [5, 5.41) is 14.8. The second-order valence-corrected chi connectivity index (χ2v) is 3.25. The molecule has 0 saturated heterocycles. The molecule has 0 amide bonds. The predicted octanol–water partition coefficient (Wildman–Crippen LogP) is -2.60. The van der Waals surface area contributed by atoms with Crippen LogP contribution in [0.25, 0.3) is 0 Å². The van der Waals surface area contributed by atoms with Gasteiger partial charge >= 0.3 is 20.8 Å². The van der Waals surface area contributed by atoms with Crippen LogP contribution in [0.15, 0.2) is 0 Å². The molecule has 0 aliphatic heterocycles. The molecule has 0 radical (unpaired) electrons. The molecule has 0 aromatic carbocycles. The van der Waals surface area contributed by atoms with E-state index in [1.165, 1.54) is 0 Å². The summed E-state index contributed by atoms with van der Waals surface area (Å²) in [6.45, 7) is 0. The molecule has 88 valence electrons. The van der Waals surface area contributed by atoms with Gasteiger partial charge in [0, 0.05) is 0 Å². The van der Waals surface area contributed by atoms with Crippen LogP contribution in [0.4, 0.5) is 0 Å². The quantitative estimate of drug-likeness (QED) is 0.228. The Hall–Kier alpha value is -0.420. The highest BCUT2D eigenvalue weighted by Crippen LogP contribution is 1.75. The monoisotopic (exact) mass is 258 g/mol. The second kappa shape index (κ2) is 6.95. The third-order valence-electron chi connectivity index (χ3n) is 0.285. The second-order valence-electron chi connectivity index (χ2n) is 1.20. The molecule has 14 heteroatoms. The van der Waals surface area contributed by atoms with Crippen molar-refractivity contribution in [2.24, 2.45) is 0 Å². The highest BCUT2D eigenvalue weighted by molar-refractivity contribution is 7.81. The van der Waals surface area contributed by atoms with Gasteiger partial charge in [0.15, 0.2) is 0 Å². The molecule has 0 aromatic heterocycles. The summed E-state index contributed by atoms with van der Waals surface area (Å²) >= 11 is 0. The van der Waals surface area contributed by atoms with Gasteiger partial charge in [0.2, 0.25) is 0 Å². The molecule has 0 unspecified atom stereocenters. The van der Waals surface area contributed by atoms with E-state index in [-0.39, 0.29) is 0 Å². The number of hydrogen-bond acceptors (Lipinski definition) is 10. The topological polar surface area (TPSA) is 192 Å². The summed E-state index contributed by atoms with van der Waals surface area (Å²) in [5.74, 6) is 0. The van der Waals surface area contributed by atoms with Gasteiger partial charge in [-0.2, -0.15) is 16.8 Å². The van der Waals surface area contributed by atoms with E-state index in [1.54, 1.807) is 0 Å². The van der Waals surface area contributed by atoms with E-state index in [9.17, 15) is 16.8 Å². The average molecular weight is 258 g/mol. The van der Waals surface area contributed by atoms with Gasteiger partial charge in [0.25, 0.3) is 0 Å².